The second kappa shape index (κ2) is 5.76. The predicted octanol–water partition coefficient (Wildman–Crippen LogP) is 1.84. The minimum absolute atomic E-state index is 0.225. The smallest absolute Gasteiger partial charge is 0.272 e. The van der Waals surface area contributed by atoms with Crippen LogP contribution < -0.4 is 11.1 Å². The molecule has 0 unspecified atom stereocenters. The van der Waals surface area contributed by atoms with E-state index in [1.807, 2.05) is 17.5 Å². The topological polar surface area (TPSA) is 85.8 Å². The number of nitrogen functional groups attached to an aromatic ring is 1. The van der Waals surface area contributed by atoms with Gasteiger partial charge in [-0.3, -0.25) is 4.79 Å². The lowest BCUT2D eigenvalue weighted by molar-refractivity contribution is 0.0945. The zero-order chi connectivity index (χ0) is 14.7. The minimum Gasteiger partial charge on any atom is -0.399 e. The van der Waals surface area contributed by atoms with Gasteiger partial charge in [0.25, 0.3) is 5.91 Å². The van der Waals surface area contributed by atoms with E-state index >= 15 is 0 Å². The molecule has 0 atom stereocenters. The lowest BCUT2D eigenvalue weighted by Crippen LogP contribution is -2.23. The van der Waals surface area contributed by atoms with E-state index in [2.05, 4.69) is 15.4 Å². The fourth-order valence-corrected chi connectivity index (χ4v) is 2.36. The van der Waals surface area contributed by atoms with Crippen molar-refractivity contribution in [1.29, 1.82) is 0 Å². The number of thiazole rings is 1. The van der Waals surface area contributed by atoms with Crippen molar-refractivity contribution in [1.82, 2.24) is 20.1 Å². The third-order valence-electron chi connectivity index (χ3n) is 2.89. The molecule has 0 aliphatic heterocycles. The molecule has 0 saturated carbocycles. The molecule has 3 N–H and O–H groups in total. The number of hydrogen-bond acceptors (Lipinski definition) is 5. The average Bonchev–Trinajstić information content (AvgIpc) is 3.17. The Morgan fingerprint density at radius 2 is 2.10 bits per heavy atom. The molecular weight excluding hydrogens is 286 g/mol. The van der Waals surface area contributed by atoms with E-state index in [-0.39, 0.29) is 5.91 Å². The van der Waals surface area contributed by atoms with Gasteiger partial charge in [0.1, 0.15) is 0 Å². The third-order valence-corrected chi connectivity index (χ3v) is 3.53. The van der Waals surface area contributed by atoms with Gasteiger partial charge < -0.3 is 11.1 Å². The van der Waals surface area contributed by atoms with Gasteiger partial charge in [-0.15, -0.1) is 11.3 Å². The molecule has 0 fully saturated rings. The first-order chi connectivity index (χ1) is 10.2. The summed E-state index contributed by atoms with van der Waals surface area (Å²) in [7, 11) is 0. The van der Waals surface area contributed by atoms with Crippen molar-refractivity contribution in [3.05, 3.63) is 58.8 Å². The van der Waals surface area contributed by atoms with Crippen LogP contribution in [0.3, 0.4) is 0 Å². The Bertz CT molecular complexity index is 733. The Morgan fingerprint density at radius 1 is 1.29 bits per heavy atom. The quantitative estimate of drug-likeness (QED) is 0.720. The highest BCUT2D eigenvalue weighted by atomic mass is 32.1. The molecule has 0 spiro atoms. The van der Waals surface area contributed by atoms with E-state index in [1.54, 1.807) is 34.6 Å². The van der Waals surface area contributed by atoms with Crippen molar-refractivity contribution in [2.45, 2.75) is 6.54 Å². The summed E-state index contributed by atoms with van der Waals surface area (Å²) in [5, 5.41) is 8.94. The monoisotopic (exact) mass is 299 g/mol. The second-order valence-electron chi connectivity index (χ2n) is 4.40. The van der Waals surface area contributed by atoms with Crippen molar-refractivity contribution in [2.24, 2.45) is 0 Å². The molecule has 1 amide bonds. The molecular formula is C14H13N5OS. The van der Waals surface area contributed by atoms with E-state index in [9.17, 15) is 4.79 Å². The fourth-order valence-electron chi connectivity index (χ4n) is 1.80. The van der Waals surface area contributed by atoms with Gasteiger partial charge in [0.2, 0.25) is 0 Å². The van der Waals surface area contributed by atoms with Crippen molar-refractivity contribution in [2.75, 3.05) is 5.73 Å². The number of nitrogens with two attached hydrogens (primary N) is 1. The molecule has 106 valence electrons. The van der Waals surface area contributed by atoms with E-state index in [0.717, 1.165) is 11.4 Å². The molecule has 0 aliphatic rings. The summed E-state index contributed by atoms with van der Waals surface area (Å²) in [4.78, 5) is 16.1. The van der Waals surface area contributed by atoms with Gasteiger partial charge in [-0.05, 0) is 30.3 Å². The van der Waals surface area contributed by atoms with Crippen LogP contribution in [0.25, 0.3) is 5.69 Å². The second-order valence-corrected chi connectivity index (χ2v) is 5.12. The summed E-state index contributed by atoms with van der Waals surface area (Å²) in [6, 6.07) is 8.95. The Kier molecular flexibility index (Phi) is 3.65. The van der Waals surface area contributed by atoms with Gasteiger partial charge in [0, 0.05) is 17.3 Å². The van der Waals surface area contributed by atoms with Crippen LogP contribution >= 0.6 is 11.3 Å². The molecule has 0 saturated heterocycles. The highest BCUT2D eigenvalue weighted by Crippen LogP contribution is 2.10. The highest BCUT2D eigenvalue weighted by molar-refractivity contribution is 7.07. The summed E-state index contributed by atoms with van der Waals surface area (Å²) >= 11 is 1.50. The molecule has 2 aromatic heterocycles. The van der Waals surface area contributed by atoms with E-state index in [0.29, 0.717) is 17.9 Å². The van der Waals surface area contributed by atoms with Crippen molar-refractivity contribution in [3.63, 3.8) is 0 Å². The molecule has 0 radical (unpaired) electrons. The summed E-state index contributed by atoms with van der Waals surface area (Å²) in [6.07, 6.45) is 1.74. The summed E-state index contributed by atoms with van der Waals surface area (Å²) in [6.45, 7) is 0.400. The van der Waals surface area contributed by atoms with Crippen LogP contribution in [0.15, 0.2) is 47.4 Å². The summed E-state index contributed by atoms with van der Waals surface area (Å²) < 4.78 is 1.64. The molecule has 3 aromatic rings. The number of aromatic nitrogens is 3. The Hall–Kier alpha value is -2.67. The minimum atomic E-state index is -0.225. The number of carbonyl (C=O) groups is 1. The fraction of sp³-hybridized carbons (Fsp3) is 0.0714. The molecule has 0 aliphatic carbocycles. The summed E-state index contributed by atoms with van der Waals surface area (Å²) in [5.41, 5.74) is 10.1. The number of rotatable bonds is 4. The normalized spacial score (nSPS) is 10.5. The first kappa shape index (κ1) is 13.3. The van der Waals surface area contributed by atoms with Crippen LogP contribution in [0.2, 0.25) is 0 Å². The van der Waals surface area contributed by atoms with Gasteiger partial charge in [-0.2, -0.15) is 5.10 Å². The molecule has 3 rings (SSSR count). The number of carbonyl (C=O) groups excluding carboxylic acids is 1. The zero-order valence-corrected chi connectivity index (χ0v) is 11.9. The van der Waals surface area contributed by atoms with Gasteiger partial charge in [0.05, 0.1) is 23.4 Å². The number of nitrogens with zero attached hydrogens (tertiary/aromatic N) is 3. The number of hydrogen-bond donors (Lipinski definition) is 2. The van der Waals surface area contributed by atoms with Gasteiger partial charge in [-0.25, -0.2) is 9.67 Å². The lowest BCUT2D eigenvalue weighted by Gasteiger charge is -2.02. The highest BCUT2D eigenvalue weighted by Gasteiger charge is 2.10. The largest absolute Gasteiger partial charge is 0.399 e. The van der Waals surface area contributed by atoms with Crippen LogP contribution in [0.5, 0.6) is 0 Å². The molecule has 1 aromatic carbocycles. The molecule has 0 bridgehead atoms. The Balaban J connectivity index is 1.69. The van der Waals surface area contributed by atoms with Crippen LogP contribution in [0.1, 0.15) is 16.2 Å². The number of amides is 1. The van der Waals surface area contributed by atoms with Crippen LogP contribution in [0.4, 0.5) is 5.69 Å². The average molecular weight is 299 g/mol. The lowest BCUT2D eigenvalue weighted by atomic mass is 10.3. The predicted molar refractivity (Wildman–Crippen MR) is 81.3 cm³/mol. The van der Waals surface area contributed by atoms with Crippen LogP contribution in [0, 0.1) is 0 Å². The van der Waals surface area contributed by atoms with Crippen molar-refractivity contribution in [3.8, 4) is 5.69 Å². The Morgan fingerprint density at radius 3 is 2.81 bits per heavy atom. The number of anilines is 1. The number of benzene rings is 1. The van der Waals surface area contributed by atoms with Gasteiger partial charge >= 0.3 is 0 Å². The maximum absolute atomic E-state index is 12.0. The van der Waals surface area contributed by atoms with Gasteiger partial charge in [-0.1, -0.05) is 0 Å². The molecule has 7 heteroatoms. The van der Waals surface area contributed by atoms with Crippen LogP contribution in [-0.2, 0) is 6.54 Å². The molecule has 2 heterocycles. The summed E-state index contributed by atoms with van der Waals surface area (Å²) in [5.74, 6) is -0.225. The van der Waals surface area contributed by atoms with E-state index in [1.165, 1.54) is 11.3 Å². The SMILES string of the molecule is Nc1ccc(-n2ccc(C(=O)NCc3cscn3)n2)cc1. The van der Waals surface area contributed by atoms with E-state index < -0.39 is 0 Å². The third kappa shape index (κ3) is 3.09. The first-order valence-corrected chi connectivity index (χ1v) is 7.23. The van der Waals surface area contributed by atoms with E-state index in [4.69, 9.17) is 5.73 Å². The number of nitrogens with one attached hydrogen (secondary N) is 1. The Labute approximate surface area is 125 Å². The van der Waals surface area contributed by atoms with Crippen molar-refractivity contribution >= 4 is 22.9 Å². The standard InChI is InChI=1S/C14H13N5OS/c15-10-1-3-12(4-2-10)19-6-5-13(18-19)14(20)16-7-11-8-21-9-17-11/h1-6,8-9H,7,15H2,(H,16,20). The van der Waals surface area contributed by atoms with Gasteiger partial charge in [0.15, 0.2) is 5.69 Å². The molecule has 6 nitrogen and oxygen atoms in total. The first-order valence-electron chi connectivity index (χ1n) is 6.29. The maximum Gasteiger partial charge on any atom is 0.272 e. The van der Waals surface area contributed by atoms with Crippen LogP contribution in [-0.4, -0.2) is 20.7 Å². The molecule has 21 heavy (non-hydrogen) atoms. The zero-order valence-electron chi connectivity index (χ0n) is 11.1. The van der Waals surface area contributed by atoms with Crippen molar-refractivity contribution < 1.29 is 4.79 Å². The maximum atomic E-state index is 12.0.